The zero-order valence-electron chi connectivity index (χ0n) is 26.8. The minimum atomic E-state index is -0.0341. The molecule has 0 aliphatic heterocycles. The molecule has 3 aliphatic rings. The molecule has 0 saturated heterocycles. The summed E-state index contributed by atoms with van der Waals surface area (Å²) in [5.74, 6) is 1.83. The highest BCUT2D eigenvalue weighted by Crippen LogP contribution is 2.47. The van der Waals surface area contributed by atoms with E-state index in [1.54, 1.807) is 0 Å². The third-order valence-corrected chi connectivity index (χ3v) is 10.4. The van der Waals surface area contributed by atoms with Crippen LogP contribution in [0.15, 0.2) is 158 Å². The van der Waals surface area contributed by atoms with Gasteiger partial charge in [-0.25, -0.2) is 4.98 Å². The molecule has 0 bridgehead atoms. The second-order valence-corrected chi connectivity index (χ2v) is 13.4. The molecule has 226 valence electrons. The topological polar surface area (TPSA) is 17.8 Å². The second-order valence-electron chi connectivity index (χ2n) is 13.4. The largest absolute Gasteiger partial charge is 0.293 e. The Morgan fingerprint density at radius 3 is 2.13 bits per heavy atom. The smallest absolute Gasteiger partial charge is 0.141 e. The van der Waals surface area contributed by atoms with E-state index in [1.807, 2.05) is 0 Å². The van der Waals surface area contributed by atoms with Crippen LogP contribution in [0.2, 0.25) is 0 Å². The Hall–Kier alpha value is -5.47. The lowest BCUT2D eigenvalue weighted by Crippen LogP contribution is -2.24. The number of benzene rings is 5. The van der Waals surface area contributed by atoms with Gasteiger partial charge in [-0.2, -0.15) is 0 Å². The molecule has 47 heavy (non-hydrogen) atoms. The van der Waals surface area contributed by atoms with Gasteiger partial charge >= 0.3 is 0 Å². The fourth-order valence-corrected chi connectivity index (χ4v) is 7.98. The Bertz CT molecular complexity index is 2350. The van der Waals surface area contributed by atoms with E-state index in [0.29, 0.717) is 11.8 Å². The lowest BCUT2D eigenvalue weighted by molar-refractivity contribution is 0.454. The van der Waals surface area contributed by atoms with Gasteiger partial charge in [-0.1, -0.05) is 147 Å². The van der Waals surface area contributed by atoms with Gasteiger partial charge in [-0.05, 0) is 86.0 Å². The maximum atomic E-state index is 5.15. The minimum absolute atomic E-state index is 0.0341. The first-order chi connectivity index (χ1) is 23.1. The van der Waals surface area contributed by atoms with Gasteiger partial charge in [0.2, 0.25) is 0 Å². The zero-order valence-corrected chi connectivity index (χ0v) is 26.8. The van der Waals surface area contributed by atoms with Crippen LogP contribution in [0.3, 0.4) is 0 Å². The van der Waals surface area contributed by atoms with Crippen LogP contribution >= 0.6 is 0 Å². The standard InChI is InChI=1S/C45H36N2/c1-30-13-3-4-15-35(30)44-46-40-20-9-10-21-41(40)47(44)34-26-23-31(24-27-34)42-36-16-5-7-18-38(36)43(39-19-8-6-17-37(39)42)32-22-25-33-14-11-12-28-45(33,2)29-32/h3-12,14-30,33H,13H2,1-2H3. The third kappa shape index (κ3) is 4.43. The highest BCUT2D eigenvalue weighted by atomic mass is 15.1. The monoisotopic (exact) mass is 604 g/mol. The molecule has 0 fully saturated rings. The molecular weight excluding hydrogens is 569 g/mol. The van der Waals surface area contributed by atoms with Gasteiger partial charge in [0.25, 0.3) is 0 Å². The molecule has 2 nitrogen and oxygen atoms in total. The van der Waals surface area contributed by atoms with Crippen LogP contribution in [0.5, 0.6) is 0 Å². The molecule has 3 unspecified atom stereocenters. The predicted octanol–water partition coefficient (Wildman–Crippen LogP) is 11.7. The van der Waals surface area contributed by atoms with Gasteiger partial charge in [0, 0.05) is 17.0 Å². The summed E-state index contributed by atoms with van der Waals surface area (Å²) in [6, 6.07) is 35.5. The Balaban J connectivity index is 1.23. The SMILES string of the molecule is CC1CC=CC=C1c1nc2ccccc2n1-c1ccc(-c2c3ccccc3c(C3=CC4(C)C=CC=CC4C=C3)c3ccccc23)cc1. The average Bonchev–Trinajstić information content (AvgIpc) is 3.49. The summed E-state index contributed by atoms with van der Waals surface area (Å²) in [7, 11) is 0. The van der Waals surface area contributed by atoms with Crippen LogP contribution in [0.4, 0.5) is 0 Å². The van der Waals surface area contributed by atoms with Crippen molar-refractivity contribution in [3.8, 4) is 16.8 Å². The summed E-state index contributed by atoms with van der Waals surface area (Å²) >= 11 is 0. The van der Waals surface area contributed by atoms with Crippen molar-refractivity contribution in [2.24, 2.45) is 17.3 Å². The Labute approximate surface area is 276 Å². The molecule has 2 heteroatoms. The van der Waals surface area contributed by atoms with Gasteiger partial charge in [0.15, 0.2) is 0 Å². The fourth-order valence-electron chi connectivity index (χ4n) is 7.98. The summed E-state index contributed by atoms with van der Waals surface area (Å²) in [5.41, 5.74) is 9.62. The molecule has 5 aromatic carbocycles. The predicted molar refractivity (Wildman–Crippen MR) is 199 cm³/mol. The van der Waals surface area contributed by atoms with Crippen LogP contribution < -0.4 is 0 Å². The van der Waals surface area contributed by atoms with E-state index >= 15 is 0 Å². The van der Waals surface area contributed by atoms with Crippen molar-refractivity contribution in [1.82, 2.24) is 9.55 Å². The van der Waals surface area contributed by atoms with Crippen molar-refractivity contribution < 1.29 is 0 Å². The normalized spacial score (nSPS) is 21.7. The molecule has 3 atom stereocenters. The number of allylic oxidation sites excluding steroid dienone is 12. The van der Waals surface area contributed by atoms with E-state index in [2.05, 4.69) is 176 Å². The van der Waals surface area contributed by atoms with E-state index in [1.165, 1.54) is 49.4 Å². The van der Waals surface area contributed by atoms with Crippen molar-refractivity contribution in [3.05, 3.63) is 169 Å². The number of imidazole rings is 1. The molecule has 9 rings (SSSR count). The van der Waals surface area contributed by atoms with Crippen LogP contribution in [0, 0.1) is 17.3 Å². The fraction of sp³-hybridized carbons (Fsp3) is 0.133. The number of hydrogen-bond donors (Lipinski definition) is 0. The van der Waals surface area contributed by atoms with Crippen molar-refractivity contribution in [2.75, 3.05) is 0 Å². The average molecular weight is 605 g/mol. The molecule has 0 spiro atoms. The van der Waals surface area contributed by atoms with Gasteiger partial charge in [-0.3, -0.25) is 4.57 Å². The van der Waals surface area contributed by atoms with Gasteiger partial charge in [0.1, 0.15) is 5.82 Å². The second kappa shape index (κ2) is 10.8. The van der Waals surface area contributed by atoms with E-state index in [4.69, 9.17) is 4.98 Å². The lowest BCUT2D eigenvalue weighted by Gasteiger charge is -2.34. The Kier molecular flexibility index (Phi) is 6.40. The van der Waals surface area contributed by atoms with Gasteiger partial charge in [0.05, 0.1) is 11.0 Å². The molecule has 1 aromatic heterocycles. The van der Waals surface area contributed by atoms with Crippen LogP contribution in [-0.4, -0.2) is 9.55 Å². The molecule has 0 N–H and O–H groups in total. The Morgan fingerprint density at radius 2 is 1.40 bits per heavy atom. The first kappa shape index (κ1) is 27.8. The highest BCUT2D eigenvalue weighted by Gasteiger charge is 2.31. The zero-order chi connectivity index (χ0) is 31.5. The van der Waals surface area contributed by atoms with E-state index in [9.17, 15) is 0 Å². The quantitative estimate of drug-likeness (QED) is 0.183. The van der Waals surface area contributed by atoms with E-state index in [0.717, 1.165) is 29.0 Å². The summed E-state index contributed by atoms with van der Waals surface area (Å²) < 4.78 is 2.34. The molecule has 0 saturated carbocycles. The summed E-state index contributed by atoms with van der Waals surface area (Å²) in [4.78, 5) is 5.15. The number of hydrogen-bond acceptors (Lipinski definition) is 1. The summed E-state index contributed by atoms with van der Waals surface area (Å²) in [6.45, 7) is 4.64. The summed E-state index contributed by atoms with van der Waals surface area (Å²) in [5, 5.41) is 5.12. The van der Waals surface area contributed by atoms with Crippen molar-refractivity contribution in [2.45, 2.75) is 20.3 Å². The van der Waals surface area contributed by atoms with Crippen LogP contribution in [0.25, 0.3) is 60.5 Å². The molecule has 1 heterocycles. The maximum Gasteiger partial charge on any atom is 0.141 e. The number of rotatable bonds is 4. The van der Waals surface area contributed by atoms with Crippen molar-refractivity contribution >= 4 is 43.7 Å². The maximum absolute atomic E-state index is 5.15. The van der Waals surface area contributed by atoms with Gasteiger partial charge in [-0.15, -0.1) is 0 Å². The Morgan fingerprint density at radius 1 is 0.723 bits per heavy atom. The number of nitrogens with zero attached hydrogens (tertiary/aromatic N) is 2. The molecule has 0 amide bonds. The van der Waals surface area contributed by atoms with Gasteiger partial charge < -0.3 is 0 Å². The first-order valence-electron chi connectivity index (χ1n) is 16.8. The molecule has 0 radical (unpaired) electrons. The number of para-hydroxylation sites is 2. The molecular formula is C45H36N2. The third-order valence-electron chi connectivity index (χ3n) is 10.4. The highest BCUT2D eigenvalue weighted by molar-refractivity contribution is 6.19. The van der Waals surface area contributed by atoms with Crippen LogP contribution in [0.1, 0.15) is 31.7 Å². The van der Waals surface area contributed by atoms with Crippen molar-refractivity contribution in [1.29, 1.82) is 0 Å². The van der Waals surface area contributed by atoms with Crippen molar-refractivity contribution in [3.63, 3.8) is 0 Å². The van der Waals surface area contributed by atoms with E-state index < -0.39 is 0 Å². The minimum Gasteiger partial charge on any atom is -0.293 e. The first-order valence-corrected chi connectivity index (χ1v) is 16.8. The lowest BCUT2D eigenvalue weighted by atomic mass is 9.69. The van der Waals surface area contributed by atoms with Crippen LogP contribution in [-0.2, 0) is 0 Å². The van der Waals surface area contributed by atoms with E-state index in [-0.39, 0.29) is 5.41 Å². The molecule has 3 aliphatic carbocycles. The number of aromatic nitrogens is 2. The molecule has 6 aromatic rings. The summed E-state index contributed by atoms with van der Waals surface area (Å²) in [6.07, 6.45) is 23.9. The number of fused-ring (bicyclic) bond motifs is 4.